The molecule has 2 heterocycles. The molecule has 5 rings (SSSR count). The number of nitriles is 1. The topological polar surface area (TPSA) is 75.1 Å². The first kappa shape index (κ1) is 16.5. The van der Waals surface area contributed by atoms with Crippen LogP contribution in [0.15, 0.2) is 41.5 Å². The number of benzene rings is 1. The van der Waals surface area contributed by atoms with Gasteiger partial charge in [0.2, 0.25) is 0 Å². The highest BCUT2D eigenvalue weighted by atomic mass is 32.2. The van der Waals surface area contributed by atoms with Crippen molar-refractivity contribution in [3.05, 3.63) is 64.5 Å². The molecular formula is C21H17FN4S. The Labute approximate surface area is 161 Å². The van der Waals surface area contributed by atoms with Crippen LogP contribution in [-0.4, -0.2) is 14.9 Å². The van der Waals surface area contributed by atoms with Crippen LogP contribution in [0.1, 0.15) is 41.3 Å². The van der Waals surface area contributed by atoms with Crippen molar-refractivity contribution < 1.29 is 4.39 Å². The van der Waals surface area contributed by atoms with Gasteiger partial charge < -0.3 is 5.73 Å². The van der Waals surface area contributed by atoms with Gasteiger partial charge in [-0.3, -0.25) is 9.98 Å². The van der Waals surface area contributed by atoms with E-state index in [1.807, 2.05) is 18.2 Å². The molecular weight excluding hydrogens is 359 g/mol. The molecule has 27 heavy (non-hydrogen) atoms. The van der Waals surface area contributed by atoms with Gasteiger partial charge in [0.15, 0.2) is 5.17 Å². The summed E-state index contributed by atoms with van der Waals surface area (Å²) in [6.45, 7) is 2.25. The summed E-state index contributed by atoms with van der Waals surface area (Å²) in [5.41, 5.74) is 9.73. The zero-order valence-electron chi connectivity index (χ0n) is 14.7. The van der Waals surface area contributed by atoms with Crippen molar-refractivity contribution >= 4 is 28.8 Å². The van der Waals surface area contributed by atoms with E-state index in [0.29, 0.717) is 16.6 Å². The third-order valence-electron chi connectivity index (χ3n) is 5.90. The highest BCUT2D eigenvalue weighted by Crippen LogP contribution is 2.69. The Morgan fingerprint density at radius 3 is 3.00 bits per heavy atom. The second kappa shape index (κ2) is 5.43. The molecule has 3 aliphatic rings. The Balaban J connectivity index is 1.49. The SMILES string of the molecule is C[C@]12C[C@H]1[C@]1(Cc3ccc(/C=C(\F)c4ccc(C#N)cn4)cc31)N=C(N)S2. The summed E-state index contributed by atoms with van der Waals surface area (Å²) in [4.78, 5) is 8.84. The molecule has 134 valence electrons. The molecule has 2 aromatic rings. The standard InChI is InChI=1S/C21H17FN4S/c1-20-9-18(20)21(26-19(24)27-20)8-14-4-2-12(6-15(14)21)7-16(22)17-5-3-13(10-23)11-25-17/h2-7,11,18H,8-9H2,1H3,(H2,24,26)/b16-7-/t18-,20+,21-/m1/s1. The number of halogens is 1. The van der Waals surface area contributed by atoms with Crippen LogP contribution < -0.4 is 5.73 Å². The summed E-state index contributed by atoms with van der Waals surface area (Å²) < 4.78 is 14.8. The van der Waals surface area contributed by atoms with Crippen LogP contribution in [0.25, 0.3) is 11.9 Å². The maximum Gasteiger partial charge on any atom is 0.155 e. The molecule has 1 fully saturated rings. The van der Waals surface area contributed by atoms with Gasteiger partial charge in [-0.15, -0.1) is 0 Å². The normalized spacial score (nSPS) is 30.6. The molecule has 0 saturated heterocycles. The Hall–Kier alpha value is -2.65. The highest BCUT2D eigenvalue weighted by Gasteiger charge is 2.67. The molecule has 6 heteroatoms. The van der Waals surface area contributed by atoms with E-state index in [-0.39, 0.29) is 16.0 Å². The van der Waals surface area contributed by atoms with E-state index in [4.69, 9.17) is 16.0 Å². The van der Waals surface area contributed by atoms with Crippen LogP contribution in [0.4, 0.5) is 4.39 Å². The van der Waals surface area contributed by atoms with Crippen LogP contribution in [-0.2, 0) is 12.0 Å². The molecule has 3 atom stereocenters. The van der Waals surface area contributed by atoms with Crippen molar-refractivity contribution in [2.24, 2.45) is 16.6 Å². The summed E-state index contributed by atoms with van der Waals surface area (Å²) in [6.07, 6.45) is 4.89. The van der Waals surface area contributed by atoms with Gasteiger partial charge in [-0.05, 0) is 54.3 Å². The number of aromatic nitrogens is 1. The number of pyridine rings is 1. The van der Waals surface area contributed by atoms with Crippen molar-refractivity contribution in [2.75, 3.05) is 0 Å². The average molecular weight is 376 g/mol. The minimum absolute atomic E-state index is 0.188. The molecule has 2 N–H and O–H groups in total. The first-order chi connectivity index (χ1) is 12.9. The van der Waals surface area contributed by atoms with Crippen LogP contribution in [0.5, 0.6) is 0 Å². The fourth-order valence-electron chi connectivity index (χ4n) is 4.42. The third kappa shape index (κ3) is 2.42. The number of hydrogen-bond acceptors (Lipinski definition) is 5. The fourth-order valence-corrected chi connectivity index (χ4v) is 5.70. The Morgan fingerprint density at radius 1 is 1.41 bits per heavy atom. The molecule has 1 saturated carbocycles. The number of thioether (sulfide) groups is 1. The lowest BCUT2D eigenvalue weighted by Gasteiger charge is -2.45. The quantitative estimate of drug-likeness (QED) is 0.859. The minimum Gasteiger partial charge on any atom is -0.378 e. The average Bonchev–Trinajstić information content (AvgIpc) is 3.33. The zero-order chi connectivity index (χ0) is 18.8. The summed E-state index contributed by atoms with van der Waals surface area (Å²) >= 11 is 1.68. The van der Waals surface area contributed by atoms with E-state index in [1.165, 1.54) is 29.5 Å². The number of rotatable bonds is 2. The maximum atomic E-state index is 14.6. The van der Waals surface area contributed by atoms with Gasteiger partial charge in [-0.1, -0.05) is 23.9 Å². The number of nitrogens with two attached hydrogens (primary N) is 1. The van der Waals surface area contributed by atoms with E-state index in [1.54, 1.807) is 17.8 Å². The molecule has 1 aromatic heterocycles. The first-order valence-electron chi connectivity index (χ1n) is 8.85. The molecule has 0 amide bonds. The Bertz CT molecular complexity index is 1070. The van der Waals surface area contributed by atoms with Gasteiger partial charge in [0, 0.05) is 23.3 Å². The van der Waals surface area contributed by atoms with Gasteiger partial charge in [0.25, 0.3) is 0 Å². The molecule has 2 aliphatic carbocycles. The third-order valence-corrected chi connectivity index (χ3v) is 7.12. The molecule has 1 aromatic carbocycles. The van der Waals surface area contributed by atoms with E-state index in [9.17, 15) is 4.39 Å². The summed E-state index contributed by atoms with van der Waals surface area (Å²) in [6, 6.07) is 11.1. The number of fused-ring (bicyclic) bond motifs is 4. The lowest BCUT2D eigenvalue weighted by atomic mass is 9.67. The maximum absolute atomic E-state index is 14.6. The highest BCUT2D eigenvalue weighted by molar-refractivity contribution is 8.15. The number of hydrogen-bond donors (Lipinski definition) is 1. The predicted octanol–water partition coefficient (Wildman–Crippen LogP) is 4.01. The molecule has 0 unspecified atom stereocenters. The van der Waals surface area contributed by atoms with Gasteiger partial charge in [0.05, 0.1) is 16.8 Å². The smallest absolute Gasteiger partial charge is 0.155 e. The van der Waals surface area contributed by atoms with Gasteiger partial charge >= 0.3 is 0 Å². The summed E-state index contributed by atoms with van der Waals surface area (Å²) in [7, 11) is 0. The van der Waals surface area contributed by atoms with Crippen LogP contribution in [0.2, 0.25) is 0 Å². The summed E-state index contributed by atoms with van der Waals surface area (Å²) in [5.74, 6) is 0.0744. The zero-order valence-corrected chi connectivity index (χ0v) is 15.6. The molecule has 1 aliphatic heterocycles. The Kier molecular flexibility index (Phi) is 3.32. The van der Waals surface area contributed by atoms with E-state index < -0.39 is 5.83 Å². The molecule has 0 bridgehead atoms. The van der Waals surface area contributed by atoms with Gasteiger partial charge in [-0.25, -0.2) is 4.39 Å². The van der Waals surface area contributed by atoms with Gasteiger partial charge in [-0.2, -0.15) is 5.26 Å². The molecule has 4 nitrogen and oxygen atoms in total. The first-order valence-corrected chi connectivity index (χ1v) is 9.67. The summed E-state index contributed by atoms with van der Waals surface area (Å²) in [5, 5.41) is 9.49. The van der Waals surface area contributed by atoms with Crippen molar-refractivity contribution in [1.82, 2.24) is 4.98 Å². The Morgan fingerprint density at radius 2 is 2.26 bits per heavy atom. The van der Waals surface area contributed by atoms with Crippen molar-refractivity contribution in [3.63, 3.8) is 0 Å². The second-order valence-corrected chi connectivity index (χ2v) is 9.23. The number of amidine groups is 1. The van der Waals surface area contributed by atoms with E-state index >= 15 is 0 Å². The largest absolute Gasteiger partial charge is 0.378 e. The van der Waals surface area contributed by atoms with Crippen molar-refractivity contribution in [3.8, 4) is 6.07 Å². The van der Waals surface area contributed by atoms with E-state index in [0.717, 1.165) is 18.4 Å². The van der Waals surface area contributed by atoms with Crippen LogP contribution in [0.3, 0.4) is 0 Å². The molecule has 0 radical (unpaired) electrons. The number of nitrogens with zero attached hydrogens (tertiary/aromatic N) is 3. The monoisotopic (exact) mass is 376 g/mol. The molecule has 1 spiro atoms. The van der Waals surface area contributed by atoms with Crippen molar-refractivity contribution in [2.45, 2.75) is 30.1 Å². The van der Waals surface area contributed by atoms with Crippen molar-refractivity contribution in [1.29, 1.82) is 5.26 Å². The predicted molar refractivity (Wildman–Crippen MR) is 105 cm³/mol. The second-order valence-electron chi connectivity index (χ2n) is 7.68. The minimum atomic E-state index is -0.425. The fraction of sp³-hybridized carbons (Fsp3) is 0.286. The lowest BCUT2D eigenvalue weighted by Crippen LogP contribution is -2.45. The van der Waals surface area contributed by atoms with Crippen LogP contribution >= 0.6 is 11.8 Å². The van der Waals surface area contributed by atoms with Crippen LogP contribution in [0, 0.1) is 17.2 Å². The lowest BCUT2D eigenvalue weighted by molar-refractivity contribution is 0.324. The van der Waals surface area contributed by atoms with E-state index in [2.05, 4.69) is 18.0 Å². The number of aliphatic imine (C=N–C) groups is 1. The van der Waals surface area contributed by atoms with Gasteiger partial charge in [0.1, 0.15) is 11.9 Å².